The van der Waals surface area contributed by atoms with Crippen LogP contribution in [0, 0.1) is 29.6 Å². The molecule has 0 saturated heterocycles. The molecule has 0 aromatic rings. The molecule has 3 aliphatic carbocycles. The zero-order valence-corrected chi connectivity index (χ0v) is 18.9. The number of rotatable bonds is 1. The molecule has 0 radical (unpaired) electrons. The summed E-state index contributed by atoms with van der Waals surface area (Å²) in [5, 5.41) is 7.42. The molecule has 0 aromatic heterocycles. The van der Waals surface area contributed by atoms with Gasteiger partial charge in [-0.3, -0.25) is 4.79 Å². The van der Waals surface area contributed by atoms with Gasteiger partial charge in [-0.25, -0.2) is 0 Å². The van der Waals surface area contributed by atoms with Gasteiger partial charge in [0.15, 0.2) is 0 Å². The predicted molar refractivity (Wildman–Crippen MR) is 114 cm³/mol. The summed E-state index contributed by atoms with van der Waals surface area (Å²) in [5.74, 6) is 4.10. The van der Waals surface area contributed by atoms with Gasteiger partial charge in [-0.15, -0.1) is 0 Å². The minimum absolute atomic E-state index is 0.833. The highest BCUT2D eigenvalue weighted by Crippen LogP contribution is 2.51. The third-order valence-corrected chi connectivity index (χ3v) is 6.34. The molecule has 3 rings (SSSR count). The Bertz CT molecular complexity index is 418. The van der Waals surface area contributed by atoms with Gasteiger partial charge < -0.3 is 5.11 Å². The molecule has 2 heteroatoms. The largest absolute Gasteiger partial charge is 0.481 e. The van der Waals surface area contributed by atoms with Crippen LogP contribution in [0.5, 0.6) is 0 Å². The van der Waals surface area contributed by atoms with Gasteiger partial charge in [0.2, 0.25) is 0 Å². The number of carbonyl (C=O) groups is 1. The van der Waals surface area contributed by atoms with Crippen LogP contribution in [0.15, 0.2) is 11.1 Å². The van der Waals surface area contributed by atoms with Crippen molar-refractivity contribution in [2.24, 2.45) is 29.6 Å². The highest BCUT2D eigenvalue weighted by Gasteiger charge is 2.38. The van der Waals surface area contributed by atoms with E-state index in [1.54, 1.807) is 0 Å². The molecule has 0 aromatic carbocycles. The van der Waals surface area contributed by atoms with E-state index in [2.05, 4.69) is 20.8 Å². The lowest BCUT2D eigenvalue weighted by Gasteiger charge is -2.45. The van der Waals surface area contributed by atoms with Crippen molar-refractivity contribution in [1.29, 1.82) is 0 Å². The summed E-state index contributed by atoms with van der Waals surface area (Å²) in [5.41, 5.74) is 3.87. The Labute approximate surface area is 163 Å². The lowest BCUT2D eigenvalue weighted by Crippen LogP contribution is -2.33. The molecular weight excluding hydrogens is 320 g/mol. The van der Waals surface area contributed by atoms with Gasteiger partial charge in [-0.1, -0.05) is 72.5 Å². The molecule has 1 saturated carbocycles. The molecule has 1 fully saturated rings. The third kappa shape index (κ3) is 7.45. The highest BCUT2D eigenvalue weighted by molar-refractivity contribution is 5.62. The lowest BCUT2D eigenvalue weighted by atomic mass is 9.60. The highest BCUT2D eigenvalue weighted by atomic mass is 16.4. The fourth-order valence-electron chi connectivity index (χ4n) is 5.09. The fourth-order valence-corrected chi connectivity index (χ4v) is 5.09. The van der Waals surface area contributed by atoms with E-state index < -0.39 is 5.97 Å². The zero-order chi connectivity index (χ0) is 20.3. The second kappa shape index (κ2) is 13.4. The molecule has 0 aliphatic heterocycles. The molecule has 2 nitrogen and oxygen atoms in total. The maximum Gasteiger partial charge on any atom is 0.300 e. The van der Waals surface area contributed by atoms with Crippen molar-refractivity contribution < 1.29 is 9.90 Å². The summed E-state index contributed by atoms with van der Waals surface area (Å²) in [6.07, 6.45) is 11.8. The van der Waals surface area contributed by atoms with Crippen LogP contribution in [-0.4, -0.2) is 11.1 Å². The van der Waals surface area contributed by atoms with Crippen molar-refractivity contribution in [1.82, 2.24) is 0 Å². The normalized spacial score (nSPS) is 29.6. The SMILES string of the molecule is CC.CC.CC(=O)O.CC(C)C1CCC2=C(CCC3C2CCC[C@@H]3C)C1. The van der Waals surface area contributed by atoms with Crippen molar-refractivity contribution in [3.63, 3.8) is 0 Å². The Morgan fingerprint density at radius 1 is 1.00 bits per heavy atom. The van der Waals surface area contributed by atoms with Crippen LogP contribution in [0.25, 0.3) is 0 Å². The standard InChI is InChI=1S/C18H30.C2H4O2.2C2H6/c1-12(2)14-7-10-17-15(11-14)8-9-16-13(3)5-4-6-18(16)17;1-2(3)4;2*1-2/h12-14,16,18H,4-11H2,1-3H3;1H3,(H,3,4);2*1-2H3/t13-,14?,16?,18?;;;/m0.../s1. The number of hydrogen-bond acceptors (Lipinski definition) is 1. The number of hydrogen-bond donors (Lipinski definition) is 1. The van der Waals surface area contributed by atoms with E-state index in [0.717, 1.165) is 36.5 Å². The van der Waals surface area contributed by atoms with Gasteiger partial charge in [0.05, 0.1) is 0 Å². The number of allylic oxidation sites excluding steroid dienone is 2. The molecule has 0 amide bonds. The Hall–Kier alpha value is -0.790. The Kier molecular flexibility index (Phi) is 13.0. The summed E-state index contributed by atoms with van der Waals surface area (Å²) in [7, 11) is 0. The van der Waals surface area contributed by atoms with E-state index >= 15 is 0 Å². The van der Waals surface area contributed by atoms with Gasteiger partial charge in [0.25, 0.3) is 5.97 Å². The fraction of sp³-hybridized carbons (Fsp3) is 0.875. The molecule has 0 spiro atoms. The van der Waals surface area contributed by atoms with Crippen LogP contribution in [0.4, 0.5) is 0 Å². The van der Waals surface area contributed by atoms with Gasteiger partial charge in [0.1, 0.15) is 0 Å². The second-order valence-electron chi connectivity index (χ2n) is 8.11. The minimum Gasteiger partial charge on any atom is -0.481 e. The molecule has 0 heterocycles. The van der Waals surface area contributed by atoms with Crippen molar-refractivity contribution in [2.75, 3.05) is 0 Å². The number of carboxylic acids is 1. The predicted octanol–water partition coefficient (Wildman–Crippen LogP) is 7.73. The van der Waals surface area contributed by atoms with Crippen molar-refractivity contribution >= 4 is 5.97 Å². The Balaban J connectivity index is 0.000000680. The average molecular weight is 367 g/mol. The Morgan fingerprint density at radius 3 is 2.12 bits per heavy atom. The van der Waals surface area contributed by atoms with Crippen LogP contribution in [0.3, 0.4) is 0 Å². The average Bonchev–Trinajstić information content (AvgIpc) is 2.64. The first-order valence-corrected chi connectivity index (χ1v) is 11.3. The molecule has 26 heavy (non-hydrogen) atoms. The molecule has 3 unspecified atom stereocenters. The lowest BCUT2D eigenvalue weighted by molar-refractivity contribution is -0.134. The summed E-state index contributed by atoms with van der Waals surface area (Å²) < 4.78 is 0. The summed E-state index contributed by atoms with van der Waals surface area (Å²) in [6.45, 7) is 16.4. The van der Waals surface area contributed by atoms with Crippen LogP contribution >= 0.6 is 0 Å². The molecular formula is C24H46O2. The summed E-state index contributed by atoms with van der Waals surface area (Å²) >= 11 is 0. The molecule has 3 aliphatic rings. The molecule has 0 bridgehead atoms. The number of carboxylic acid groups (broad SMARTS) is 1. The van der Waals surface area contributed by atoms with Gasteiger partial charge in [-0.2, -0.15) is 0 Å². The van der Waals surface area contributed by atoms with Gasteiger partial charge >= 0.3 is 0 Å². The maximum absolute atomic E-state index is 9.00. The first-order chi connectivity index (χ1) is 12.4. The minimum atomic E-state index is -0.833. The van der Waals surface area contributed by atoms with Crippen molar-refractivity contribution in [3.8, 4) is 0 Å². The van der Waals surface area contributed by atoms with E-state index in [4.69, 9.17) is 9.90 Å². The van der Waals surface area contributed by atoms with E-state index in [9.17, 15) is 0 Å². The van der Waals surface area contributed by atoms with E-state index in [0.29, 0.717) is 0 Å². The maximum atomic E-state index is 9.00. The molecule has 4 atom stereocenters. The van der Waals surface area contributed by atoms with Crippen molar-refractivity contribution in [2.45, 2.75) is 107 Å². The smallest absolute Gasteiger partial charge is 0.300 e. The topological polar surface area (TPSA) is 37.3 Å². The number of fused-ring (bicyclic) bond motifs is 2. The van der Waals surface area contributed by atoms with Crippen molar-refractivity contribution in [3.05, 3.63) is 11.1 Å². The summed E-state index contributed by atoms with van der Waals surface area (Å²) in [4.78, 5) is 9.00. The van der Waals surface area contributed by atoms with Crippen LogP contribution in [0.1, 0.15) is 107 Å². The summed E-state index contributed by atoms with van der Waals surface area (Å²) in [6, 6.07) is 0. The van der Waals surface area contributed by atoms with Crippen LogP contribution < -0.4 is 0 Å². The number of aliphatic carboxylic acids is 1. The molecule has 1 N–H and O–H groups in total. The van der Waals surface area contributed by atoms with E-state index in [-0.39, 0.29) is 0 Å². The monoisotopic (exact) mass is 366 g/mol. The quantitative estimate of drug-likeness (QED) is 0.482. The van der Waals surface area contributed by atoms with Crippen LogP contribution in [-0.2, 0) is 4.79 Å². The third-order valence-electron chi connectivity index (χ3n) is 6.34. The zero-order valence-electron chi connectivity index (χ0n) is 18.9. The first kappa shape index (κ1) is 25.2. The first-order valence-electron chi connectivity index (χ1n) is 11.3. The van der Waals surface area contributed by atoms with Crippen LogP contribution in [0.2, 0.25) is 0 Å². The molecule has 154 valence electrons. The van der Waals surface area contributed by atoms with Gasteiger partial charge in [0, 0.05) is 6.92 Å². The van der Waals surface area contributed by atoms with E-state index in [1.807, 2.05) is 38.8 Å². The Morgan fingerprint density at radius 2 is 1.58 bits per heavy atom. The second-order valence-corrected chi connectivity index (χ2v) is 8.11. The van der Waals surface area contributed by atoms with E-state index in [1.165, 1.54) is 51.4 Å². The van der Waals surface area contributed by atoms with Gasteiger partial charge in [-0.05, 0) is 68.1 Å².